The highest BCUT2D eigenvalue weighted by Gasteiger charge is 2.44. The standard InChI is InChI=1S/C21H19BrF5NO2/c1-2-14(19(30)28-20(12-29)9-10-20)16(22)6-4-3-5-15(21(25,26)27)13-7-8-17(23)18(24)11-13/h2-3,5-8,11-12,15H,4,9-10H2,1H3,(H,28,30)/b5-3+,14-2+,16-6+. The predicted octanol–water partition coefficient (Wildman–Crippen LogP) is 5.63. The Morgan fingerprint density at radius 2 is 1.93 bits per heavy atom. The summed E-state index contributed by atoms with van der Waals surface area (Å²) in [5.41, 5.74) is -1.01. The van der Waals surface area contributed by atoms with Crippen LogP contribution in [0.2, 0.25) is 0 Å². The molecule has 0 saturated heterocycles. The first-order valence-corrected chi connectivity index (χ1v) is 9.82. The molecule has 1 aliphatic rings. The predicted molar refractivity (Wildman–Crippen MR) is 106 cm³/mol. The first-order valence-electron chi connectivity index (χ1n) is 9.02. The van der Waals surface area contributed by atoms with Crippen molar-refractivity contribution in [1.29, 1.82) is 0 Å². The van der Waals surface area contributed by atoms with Gasteiger partial charge in [-0.3, -0.25) is 4.79 Å². The summed E-state index contributed by atoms with van der Waals surface area (Å²) >= 11 is 3.22. The Kier molecular flexibility index (Phi) is 7.74. The number of halogens is 6. The summed E-state index contributed by atoms with van der Waals surface area (Å²) in [6.45, 7) is 1.61. The van der Waals surface area contributed by atoms with Gasteiger partial charge >= 0.3 is 6.18 Å². The van der Waals surface area contributed by atoms with E-state index in [4.69, 9.17) is 0 Å². The molecule has 1 aromatic carbocycles. The van der Waals surface area contributed by atoms with Gasteiger partial charge in [0.1, 0.15) is 6.29 Å². The van der Waals surface area contributed by atoms with Crippen LogP contribution in [-0.4, -0.2) is 23.9 Å². The second kappa shape index (κ2) is 9.68. The van der Waals surface area contributed by atoms with Crippen LogP contribution >= 0.6 is 15.9 Å². The molecule has 1 unspecified atom stereocenters. The van der Waals surface area contributed by atoms with E-state index in [1.807, 2.05) is 0 Å². The first-order chi connectivity index (χ1) is 14.0. The van der Waals surface area contributed by atoms with Crippen LogP contribution in [0.15, 0.2) is 52.6 Å². The summed E-state index contributed by atoms with van der Waals surface area (Å²) in [6.07, 6.45) is 2.24. The molecule has 1 N–H and O–H groups in total. The minimum Gasteiger partial charge on any atom is -0.340 e. The molecule has 0 bridgehead atoms. The van der Waals surface area contributed by atoms with Gasteiger partial charge in [-0.2, -0.15) is 13.2 Å². The van der Waals surface area contributed by atoms with Gasteiger partial charge in [-0.25, -0.2) is 8.78 Å². The van der Waals surface area contributed by atoms with Crippen LogP contribution in [-0.2, 0) is 9.59 Å². The molecular weight excluding hydrogens is 473 g/mol. The molecule has 0 heterocycles. The van der Waals surface area contributed by atoms with Crippen LogP contribution in [0.1, 0.15) is 37.7 Å². The van der Waals surface area contributed by atoms with E-state index in [0.717, 1.165) is 12.1 Å². The van der Waals surface area contributed by atoms with Gasteiger partial charge in [-0.15, -0.1) is 0 Å². The van der Waals surface area contributed by atoms with Crippen molar-refractivity contribution >= 4 is 28.1 Å². The Bertz CT molecular complexity index is 901. The van der Waals surface area contributed by atoms with E-state index in [1.165, 1.54) is 18.2 Å². The van der Waals surface area contributed by atoms with Crippen molar-refractivity contribution in [3.63, 3.8) is 0 Å². The smallest absolute Gasteiger partial charge is 0.340 e. The van der Waals surface area contributed by atoms with E-state index < -0.39 is 40.7 Å². The maximum Gasteiger partial charge on any atom is 0.399 e. The van der Waals surface area contributed by atoms with Gasteiger partial charge in [0, 0.05) is 10.1 Å². The Morgan fingerprint density at radius 1 is 1.27 bits per heavy atom. The van der Waals surface area contributed by atoms with Crippen LogP contribution < -0.4 is 5.32 Å². The summed E-state index contributed by atoms with van der Waals surface area (Å²) in [6, 6.07) is 2.05. The quantitative estimate of drug-likeness (QED) is 0.168. The Hall–Kier alpha value is -2.29. The number of carbonyl (C=O) groups is 2. The average Bonchev–Trinajstić information content (AvgIpc) is 3.43. The molecule has 2 rings (SSSR count). The van der Waals surface area contributed by atoms with Crippen molar-refractivity contribution < 1.29 is 31.5 Å². The molecule has 3 nitrogen and oxygen atoms in total. The molecule has 1 aliphatic carbocycles. The number of rotatable bonds is 8. The van der Waals surface area contributed by atoms with E-state index in [-0.39, 0.29) is 12.0 Å². The zero-order valence-corrected chi connectivity index (χ0v) is 17.5. The molecule has 1 atom stereocenters. The fourth-order valence-electron chi connectivity index (χ4n) is 2.69. The highest BCUT2D eigenvalue weighted by molar-refractivity contribution is 9.12. The van der Waals surface area contributed by atoms with E-state index in [9.17, 15) is 31.5 Å². The maximum absolute atomic E-state index is 13.3. The van der Waals surface area contributed by atoms with Gasteiger partial charge in [-0.1, -0.05) is 46.3 Å². The molecule has 1 fully saturated rings. The van der Waals surface area contributed by atoms with Crippen molar-refractivity contribution in [1.82, 2.24) is 5.32 Å². The molecule has 162 valence electrons. The van der Waals surface area contributed by atoms with Crippen molar-refractivity contribution in [3.05, 3.63) is 69.8 Å². The lowest BCUT2D eigenvalue weighted by molar-refractivity contribution is -0.139. The van der Waals surface area contributed by atoms with Gasteiger partial charge in [-0.05, 0) is 43.9 Å². The lowest BCUT2D eigenvalue weighted by Crippen LogP contribution is -2.38. The third-order valence-corrected chi connectivity index (χ3v) is 5.34. The minimum absolute atomic E-state index is 0.0419. The van der Waals surface area contributed by atoms with Crippen molar-refractivity contribution in [2.45, 2.75) is 43.8 Å². The Balaban J connectivity index is 2.10. The number of carbonyl (C=O) groups excluding carboxylic acids is 2. The molecule has 0 aromatic heterocycles. The highest BCUT2D eigenvalue weighted by Crippen LogP contribution is 2.37. The number of hydrogen-bond acceptors (Lipinski definition) is 2. The molecule has 0 aliphatic heterocycles. The summed E-state index contributed by atoms with van der Waals surface area (Å²) < 4.78 is 66.7. The van der Waals surface area contributed by atoms with Crippen LogP contribution in [0, 0.1) is 11.6 Å². The van der Waals surface area contributed by atoms with Crippen molar-refractivity contribution in [2.75, 3.05) is 0 Å². The fourth-order valence-corrected chi connectivity index (χ4v) is 3.28. The maximum atomic E-state index is 13.3. The van der Waals surface area contributed by atoms with Gasteiger partial charge in [0.25, 0.3) is 5.91 Å². The van der Waals surface area contributed by atoms with E-state index in [1.54, 1.807) is 6.92 Å². The fraction of sp³-hybridized carbons (Fsp3) is 0.333. The normalized spacial score (nSPS) is 17.7. The van der Waals surface area contributed by atoms with Gasteiger partial charge in [0.2, 0.25) is 0 Å². The summed E-state index contributed by atoms with van der Waals surface area (Å²) in [7, 11) is 0. The Morgan fingerprint density at radius 3 is 2.43 bits per heavy atom. The monoisotopic (exact) mass is 491 g/mol. The molecular formula is C21H19BrF5NO2. The van der Waals surface area contributed by atoms with Crippen LogP contribution in [0.5, 0.6) is 0 Å². The largest absolute Gasteiger partial charge is 0.399 e. The lowest BCUT2D eigenvalue weighted by atomic mass is 9.97. The third-order valence-electron chi connectivity index (χ3n) is 4.58. The van der Waals surface area contributed by atoms with Crippen LogP contribution in [0.25, 0.3) is 0 Å². The lowest BCUT2D eigenvalue weighted by Gasteiger charge is -2.17. The third kappa shape index (κ3) is 6.10. The molecule has 0 radical (unpaired) electrons. The molecule has 1 aromatic rings. The number of allylic oxidation sites excluding steroid dienone is 4. The van der Waals surface area contributed by atoms with Crippen LogP contribution in [0.3, 0.4) is 0 Å². The number of alkyl halides is 3. The molecule has 1 amide bonds. The van der Waals surface area contributed by atoms with Gasteiger partial charge in [0.15, 0.2) is 11.6 Å². The second-order valence-electron chi connectivity index (χ2n) is 6.84. The number of benzene rings is 1. The van der Waals surface area contributed by atoms with E-state index >= 15 is 0 Å². The average molecular weight is 492 g/mol. The number of hydrogen-bond donors (Lipinski definition) is 1. The van der Waals surface area contributed by atoms with Gasteiger partial charge in [0.05, 0.1) is 11.5 Å². The summed E-state index contributed by atoms with van der Waals surface area (Å²) in [4.78, 5) is 23.3. The summed E-state index contributed by atoms with van der Waals surface area (Å²) in [5.74, 6) is -5.16. The SMILES string of the molecule is C/C=C(C(=O)NC1(C=O)CC1)\C(Br)=C/C/C=C/C(c1ccc(F)c(F)c1)C(F)(F)F. The van der Waals surface area contributed by atoms with E-state index in [0.29, 0.717) is 35.7 Å². The highest BCUT2D eigenvalue weighted by atomic mass is 79.9. The molecule has 1 saturated carbocycles. The minimum atomic E-state index is -4.69. The molecule has 9 heteroatoms. The topological polar surface area (TPSA) is 46.2 Å². The Labute approximate surface area is 178 Å². The van der Waals surface area contributed by atoms with E-state index in [2.05, 4.69) is 21.2 Å². The van der Waals surface area contributed by atoms with Crippen LogP contribution in [0.4, 0.5) is 22.0 Å². The zero-order chi connectivity index (χ0) is 22.5. The number of nitrogens with one attached hydrogen (secondary N) is 1. The zero-order valence-electron chi connectivity index (χ0n) is 15.9. The van der Waals surface area contributed by atoms with Crippen molar-refractivity contribution in [2.24, 2.45) is 0 Å². The number of amides is 1. The summed E-state index contributed by atoms with van der Waals surface area (Å²) in [5, 5.41) is 2.63. The molecule has 0 spiro atoms. The number of aldehydes is 1. The molecule has 30 heavy (non-hydrogen) atoms. The second-order valence-corrected chi connectivity index (χ2v) is 7.69. The first kappa shape index (κ1) is 24.0. The van der Waals surface area contributed by atoms with Crippen molar-refractivity contribution in [3.8, 4) is 0 Å². The van der Waals surface area contributed by atoms with Gasteiger partial charge < -0.3 is 10.1 Å².